The minimum Gasteiger partial charge on any atom is -0.452 e. The van der Waals surface area contributed by atoms with Crippen LogP contribution in [0.2, 0.25) is 0 Å². The number of nitrogens with one attached hydrogen (secondary N) is 1. The number of hydrogen-bond donors (Lipinski definition) is 1. The summed E-state index contributed by atoms with van der Waals surface area (Å²) in [5, 5.41) is 2.57. The molecule has 0 saturated carbocycles. The standard InChI is InChI=1S/C21H18F3N3O4/c1-3-27-10-16(18(29)15-9-4-12(2)25-19(15)27)20(30)31-11-17(28)26-14-7-5-13(6-8-14)21(22,23)24/h4-10H,3,11H2,1-2H3,(H,26,28). The van der Waals surface area contributed by atoms with Crippen molar-refractivity contribution in [2.45, 2.75) is 26.6 Å². The van der Waals surface area contributed by atoms with Crippen molar-refractivity contribution in [1.82, 2.24) is 9.55 Å². The Bertz CT molecular complexity index is 1200. The Hall–Kier alpha value is -3.69. The van der Waals surface area contributed by atoms with Crippen molar-refractivity contribution in [2.75, 3.05) is 11.9 Å². The van der Waals surface area contributed by atoms with Crippen molar-refractivity contribution in [3.63, 3.8) is 0 Å². The molecule has 0 spiro atoms. The normalized spacial score (nSPS) is 11.4. The van der Waals surface area contributed by atoms with E-state index < -0.39 is 35.7 Å². The van der Waals surface area contributed by atoms with Gasteiger partial charge >= 0.3 is 12.1 Å². The molecule has 10 heteroatoms. The third-order valence-electron chi connectivity index (χ3n) is 4.45. The van der Waals surface area contributed by atoms with Gasteiger partial charge in [-0.25, -0.2) is 9.78 Å². The lowest BCUT2D eigenvalue weighted by Gasteiger charge is -2.11. The Labute approximate surface area is 174 Å². The second-order valence-electron chi connectivity index (χ2n) is 6.68. The number of rotatable bonds is 5. The molecule has 7 nitrogen and oxygen atoms in total. The number of carbonyl (C=O) groups excluding carboxylic acids is 2. The van der Waals surface area contributed by atoms with E-state index in [4.69, 9.17) is 4.74 Å². The molecule has 0 fully saturated rings. The second kappa shape index (κ2) is 8.58. The van der Waals surface area contributed by atoms with Gasteiger partial charge in [-0.3, -0.25) is 9.59 Å². The van der Waals surface area contributed by atoms with Crippen molar-refractivity contribution >= 4 is 28.6 Å². The number of aromatic nitrogens is 2. The molecule has 0 atom stereocenters. The molecule has 3 rings (SSSR count). The lowest BCUT2D eigenvalue weighted by molar-refractivity contribution is -0.137. The van der Waals surface area contributed by atoms with E-state index in [1.807, 2.05) is 6.92 Å². The molecule has 2 heterocycles. The van der Waals surface area contributed by atoms with E-state index in [9.17, 15) is 27.6 Å². The Balaban J connectivity index is 1.71. The number of halogens is 3. The van der Waals surface area contributed by atoms with Crippen molar-refractivity contribution in [2.24, 2.45) is 0 Å². The zero-order chi connectivity index (χ0) is 22.8. The van der Waals surface area contributed by atoms with E-state index in [2.05, 4.69) is 10.3 Å². The fourth-order valence-electron chi connectivity index (χ4n) is 2.89. The van der Waals surface area contributed by atoms with Gasteiger partial charge in [0.1, 0.15) is 11.2 Å². The molecule has 0 aliphatic carbocycles. The number of aryl methyl sites for hydroxylation is 2. The first-order chi connectivity index (χ1) is 14.6. The molecule has 31 heavy (non-hydrogen) atoms. The molecular weight excluding hydrogens is 415 g/mol. The van der Waals surface area contributed by atoms with Gasteiger partial charge in [0.15, 0.2) is 6.61 Å². The smallest absolute Gasteiger partial charge is 0.416 e. The highest BCUT2D eigenvalue weighted by atomic mass is 19.4. The van der Waals surface area contributed by atoms with E-state index in [1.165, 1.54) is 6.20 Å². The number of anilines is 1. The first kappa shape index (κ1) is 22.0. The number of carbonyl (C=O) groups is 2. The van der Waals surface area contributed by atoms with Crippen LogP contribution in [0.3, 0.4) is 0 Å². The van der Waals surface area contributed by atoms with Gasteiger partial charge in [-0.1, -0.05) is 0 Å². The Kier molecular flexibility index (Phi) is 6.09. The molecule has 0 bridgehead atoms. The molecular formula is C21H18F3N3O4. The average molecular weight is 433 g/mol. The molecule has 0 saturated heterocycles. The van der Waals surface area contributed by atoms with Crippen LogP contribution in [0, 0.1) is 6.92 Å². The van der Waals surface area contributed by atoms with E-state index in [0.717, 1.165) is 24.3 Å². The lowest BCUT2D eigenvalue weighted by Crippen LogP contribution is -2.25. The maximum atomic E-state index is 12.7. The van der Waals surface area contributed by atoms with Gasteiger partial charge in [0.25, 0.3) is 5.91 Å². The van der Waals surface area contributed by atoms with Crippen LogP contribution in [-0.2, 0) is 22.3 Å². The molecule has 0 radical (unpaired) electrons. The average Bonchev–Trinajstić information content (AvgIpc) is 2.72. The van der Waals surface area contributed by atoms with E-state index in [1.54, 1.807) is 23.6 Å². The number of alkyl halides is 3. The number of ether oxygens (including phenoxy) is 1. The Morgan fingerprint density at radius 1 is 1.13 bits per heavy atom. The maximum absolute atomic E-state index is 12.7. The number of pyridine rings is 2. The first-order valence-corrected chi connectivity index (χ1v) is 9.25. The second-order valence-corrected chi connectivity index (χ2v) is 6.68. The SMILES string of the molecule is CCn1cc(C(=O)OCC(=O)Nc2ccc(C(F)(F)F)cc2)c(=O)c2ccc(C)nc21. The van der Waals surface area contributed by atoms with Crippen LogP contribution >= 0.6 is 0 Å². The van der Waals surface area contributed by atoms with Crippen molar-refractivity contribution in [3.8, 4) is 0 Å². The predicted molar refractivity (Wildman–Crippen MR) is 107 cm³/mol. The number of benzene rings is 1. The topological polar surface area (TPSA) is 90.3 Å². The van der Waals surface area contributed by atoms with Gasteiger partial charge in [0, 0.05) is 24.1 Å². The summed E-state index contributed by atoms with van der Waals surface area (Å²) >= 11 is 0. The van der Waals surface area contributed by atoms with Crippen molar-refractivity contribution in [1.29, 1.82) is 0 Å². The van der Waals surface area contributed by atoms with Crippen LogP contribution in [0.5, 0.6) is 0 Å². The fraction of sp³-hybridized carbons (Fsp3) is 0.238. The summed E-state index contributed by atoms with van der Waals surface area (Å²) < 4.78 is 44.3. The highest BCUT2D eigenvalue weighted by Crippen LogP contribution is 2.29. The first-order valence-electron chi connectivity index (χ1n) is 9.25. The maximum Gasteiger partial charge on any atom is 0.416 e. The van der Waals surface area contributed by atoms with Crippen LogP contribution < -0.4 is 10.7 Å². The summed E-state index contributed by atoms with van der Waals surface area (Å²) in [6.45, 7) is 3.33. The van der Waals surface area contributed by atoms with Gasteiger partial charge in [-0.15, -0.1) is 0 Å². The monoisotopic (exact) mass is 433 g/mol. The van der Waals surface area contributed by atoms with Crippen LogP contribution in [0.1, 0.15) is 28.5 Å². The third kappa shape index (κ3) is 4.90. The molecule has 1 aromatic carbocycles. The van der Waals surface area contributed by atoms with E-state index in [0.29, 0.717) is 17.9 Å². The molecule has 3 aromatic rings. The fourth-order valence-corrected chi connectivity index (χ4v) is 2.89. The summed E-state index contributed by atoms with van der Waals surface area (Å²) in [6, 6.07) is 7.03. The Morgan fingerprint density at radius 3 is 2.42 bits per heavy atom. The van der Waals surface area contributed by atoms with Crippen LogP contribution in [-0.4, -0.2) is 28.0 Å². The summed E-state index contributed by atoms with van der Waals surface area (Å²) in [5.74, 6) is -1.75. The number of amides is 1. The summed E-state index contributed by atoms with van der Waals surface area (Å²) in [7, 11) is 0. The molecule has 0 aliphatic heterocycles. The van der Waals surface area contributed by atoms with Crippen LogP contribution in [0.15, 0.2) is 47.4 Å². The minimum absolute atomic E-state index is 0.106. The van der Waals surface area contributed by atoms with Gasteiger partial charge < -0.3 is 14.6 Å². The van der Waals surface area contributed by atoms with Crippen LogP contribution in [0.4, 0.5) is 18.9 Å². The number of esters is 1. The van der Waals surface area contributed by atoms with Crippen LogP contribution in [0.25, 0.3) is 11.0 Å². The molecule has 1 amide bonds. The molecule has 0 aliphatic rings. The summed E-state index contributed by atoms with van der Waals surface area (Å²) in [6.07, 6.45) is -3.16. The van der Waals surface area contributed by atoms with Gasteiger partial charge in [0.2, 0.25) is 5.43 Å². The van der Waals surface area contributed by atoms with E-state index >= 15 is 0 Å². The molecule has 2 aromatic heterocycles. The lowest BCUT2D eigenvalue weighted by atomic mass is 10.2. The van der Waals surface area contributed by atoms with Crippen molar-refractivity contribution in [3.05, 3.63) is 69.6 Å². The number of hydrogen-bond acceptors (Lipinski definition) is 5. The summed E-state index contributed by atoms with van der Waals surface area (Å²) in [4.78, 5) is 41.4. The highest BCUT2D eigenvalue weighted by Gasteiger charge is 2.30. The Morgan fingerprint density at radius 2 is 1.81 bits per heavy atom. The quantitative estimate of drug-likeness (QED) is 0.622. The minimum atomic E-state index is -4.49. The zero-order valence-electron chi connectivity index (χ0n) is 16.6. The summed E-state index contributed by atoms with van der Waals surface area (Å²) in [5.41, 5.74) is -0.421. The third-order valence-corrected chi connectivity index (χ3v) is 4.45. The highest BCUT2D eigenvalue weighted by molar-refractivity contribution is 5.96. The number of nitrogens with zero attached hydrogens (tertiary/aromatic N) is 2. The predicted octanol–water partition coefficient (Wildman–Crippen LogP) is 3.54. The van der Waals surface area contributed by atoms with E-state index in [-0.39, 0.29) is 16.6 Å². The zero-order valence-corrected chi connectivity index (χ0v) is 16.6. The van der Waals surface area contributed by atoms with Crippen molar-refractivity contribution < 1.29 is 27.5 Å². The molecule has 162 valence electrons. The number of fused-ring (bicyclic) bond motifs is 1. The largest absolute Gasteiger partial charge is 0.452 e. The van der Waals surface area contributed by atoms with Gasteiger partial charge in [-0.05, 0) is 50.2 Å². The van der Waals surface area contributed by atoms with Gasteiger partial charge in [-0.2, -0.15) is 13.2 Å². The molecule has 0 unspecified atom stereocenters. The van der Waals surface area contributed by atoms with Gasteiger partial charge in [0.05, 0.1) is 10.9 Å². The molecule has 1 N–H and O–H groups in total.